The summed E-state index contributed by atoms with van der Waals surface area (Å²) in [5.41, 5.74) is 2.41. The van der Waals surface area contributed by atoms with Crippen molar-refractivity contribution in [3.05, 3.63) is 60.3 Å². The third kappa shape index (κ3) is 2.63. The van der Waals surface area contributed by atoms with E-state index >= 15 is 0 Å². The van der Waals surface area contributed by atoms with Crippen LogP contribution >= 0.6 is 0 Å². The molecule has 4 heteroatoms. The van der Waals surface area contributed by atoms with E-state index in [1.807, 2.05) is 36.4 Å². The van der Waals surface area contributed by atoms with Crippen LogP contribution in [0.4, 0.5) is 0 Å². The zero-order valence-electron chi connectivity index (χ0n) is 11.8. The molecular weight excluding hydrogens is 278 g/mol. The fraction of sp³-hybridized carbons (Fsp3) is 0.111. The Morgan fingerprint density at radius 2 is 1.68 bits per heavy atom. The molecule has 2 aromatic carbocycles. The molecule has 0 spiro atoms. The van der Waals surface area contributed by atoms with Gasteiger partial charge in [0, 0.05) is 11.8 Å². The quantitative estimate of drug-likeness (QED) is 0.788. The second kappa shape index (κ2) is 5.85. The van der Waals surface area contributed by atoms with Crippen molar-refractivity contribution in [3.63, 3.8) is 0 Å². The predicted molar refractivity (Wildman–Crippen MR) is 83.3 cm³/mol. The Labute approximate surface area is 127 Å². The summed E-state index contributed by atoms with van der Waals surface area (Å²) in [7, 11) is 0. The Bertz CT molecular complexity index is 828. The molecule has 4 nitrogen and oxygen atoms in total. The van der Waals surface area contributed by atoms with Gasteiger partial charge < -0.3 is 5.11 Å². The van der Waals surface area contributed by atoms with Crippen LogP contribution in [-0.2, 0) is 16.3 Å². The molecular formula is C18H14NO3. The first-order valence-electron chi connectivity index (χ1n) is 7.02. The van der Waals surface area contributed by atoms with Gasteiger partial charge in [-0.2, -0.15) is 0 Å². The van der Waals surface area contributed by atoms with Crippen molar-refractivity contribution in [2.45, 2.75) is 12.8 Å². The smallest absolute Gasteiger partial charge is 0.303 e. The first-order valence-corrected chi connectivity index (χ1v) is 7.02. The Morgan fingerprint density at radius 1 is 1.00 bits per heavy atom. The number of para-hydroxylation sites is 1. The molecule has 0 aliphatic rings. The van der Waals surface area contributed by atoms with Crippen LogP contribution < -0.4 is 0 Å². The molecule has 1 heterocycles. The summed E-state index contributed by atoms with van der Waals surface area (Å²) < 4.78 is 0. The van der Waals surface area contributed by atoms with Crippen molar-refractivity contribution in [1.82, 2.24) is 4.98 Å². The highest BCUT2D eigenvalue weighted by molar-refractivity contribution is 5.93. The number of hydrogen-bond donors (Lipinski definition) is 1. The van der Waals surface area contributed by atoms with E-state index in [-0.39, 0.29) is 18.6 Å². The lowest BCUT2D eigenvalue weighted by Crippen LogP contribution is -2.02. The third-order valence-corrected chi connectivity index (χ3v) is 3.56. The lowest BCUT2D eigenvalue weighted by molar-refractivity contribution is -0.136. The van der Waals surface area contributed by atoms with Crippen LogP contribution in [0, 0.1) is 0 Å². The minimum absolute atomic E-state index is 0.0510. The van der Waals surface area contributed by atoms with Gasteiger partial charge in [-0.3, -0.25) is 14.9 Å². The highest BCUT2D eigenvalue weighted by Gasteiger charge is 2.18. The standard InChI is InChI=1S/C18H14NO3/c20-16(21)11-10-15-17(12-6-2-1-3-7-12)18(22)13-8-4-5-9-14(13)19-15/h1-9H,10-11H2,(H,20,21). The lowest BCUT2D eigenvalue weighted by atomic mass is 9.97. The summed E-state index contributed by atoms with van der Waals surface area (Å²) in [4.78, 5) is 15.4. The van der Waals surface area contributed by atoms with E-state index in [2.05, 4.69) is 4.98 Å². The molecule has 0 aliphatic carbocycles. The molecule has 3 aromatic rings. The fourth-order valence-electron chi connectivity index (χ4n) is 2.54. The number of aliphatic carboxylic acids is 1. The van der Waals surface area contributed by atoms with Gasteiger partial charge >= 0.3 is 5.97 Å². The Hall–Kier alpha value is -2.88. The summed E-state index contributed by atoms with van der Waals surface area (Å²) in [6.07, 6.45) is 0.185. The number of aryl methyl sites for hydroxylation is 1. The van der Waals surface area contributed by atoms with Crippen molar-refractivity contribution >= 4 is 16.9 Å². The molecule has 22 heavy (non-hydrogen) atoms. The van der Waals surface area contributed by atoms with Crippen LogP contribution in [0.5, 0.6) is 5.75 Å². The van der Waals surface area contributed by atoms with Gasteiger partial charge in [0.05, 0.1) is 23.2 Å². The van der Waals surface area contributed by atoms with Crippen LogP contribution in [0.25, 0.3) is 22.0 Å². The van der Waals surface area contributed by atoms with Gasteiger partial charge in [0.15, 0.2) is 5.75 Å². The molecule has 109 valence electrons. The van der Waals surface area contributed by atoms with Gasteiger partial charge in [-0.15, -0.1) is 0 Å². The lowest BCUT2D eigenvalue weighted by Gasteiger charge is -2.11. The summed E-state index contributed by atoms with van der Waals surface area (Å²) >= 11 is 0. The first kappa shape index (κ1) is 14.1. The Morgan fingerprint density at radius 3 is 2.41 bits per heavy atom. The highest BCUT2D eigenvalue weighted by atomic mass is 16.4. The van der Waals surface area contributed by atoms with E-state index in [4.69, 9.17) is 5.11 Å². The van der Waals surface area contributed by atoms with Crippen molar-refractivity contribution in [2.75, 3.05) is 0 Å². The van der Waals surface area contributed by atoms with Gasteiger partial charge in [0.1, 0.15) is 0 Å². The number of nitrogens with zero attached hydrogens (tertiary/aromatic N) is 1. The van der Waals surface area contributed by atoms with Crippen LogP contribution in [0.2, 0.25) is 0 Å². The third-order valence-electron chi connectivity index (χ3n) is 3.56. The molecule has 1 N–H and O–H groups in total. The summed E-state index contributed by atoms with van der Waals surface area (Å²) in [6, 6.07) is 16.4. The maximum atomic E-state index is 12.8. The average Bonchev–Trinajstić information content (AvgIpc) is 2.54. The second-order valence-electron chi connectivity index (χ2n) is 5.04. The SMILES string of the molecule is [O]c1c(-c2ccccc2)c(CCC(=O)O)nc2ccccc12. The summed E-state index contributed by atoms with van der Waals surface area (Å²) in [5, 5.41) is 22.3. The summed E-state index contributed by atoms with van der Waals surface area (Å²) in [5.74, 6) is -1.00. The van der Waals surface area contributed by atoms with Crippen LogP contribution in [0.15, 0.2) is 54.6 Å². The molecule has 1 radical (unpaired) electrons. The van der Waals surface area contributed by atoms with E-state index in [9.17, 15) is 9.90 Å². The molecule has 0 unspecified atom stereocenters. The molecule has 0 saturated heterocycles. The number of aromatic nitrogens is 1. The van der Waals surface area contributed by atoms with Crippen LogP contribution in [0.1, 0.15) is 12.1 Å². The molecule has 3 rings (SSSR count). The zero-order valence-corrected chi connectivity index (χ0v) is 11.8. The van der Waals surface area contributed by atoms with Crippen molar-refractivity contribution in [2.24, 2.45) is 0 Å². The molecule has 0 aliphatic heterocycles. The van der Waals surface area contributed by atoms with Crippen molar-refractivity contribution in [3.8, 4) is 16.9 Å². The first-order chi connectivity index (χ1) is 10.7. The van der Waals surface area contributed by atoms with Crippen LogP contribution in [0.3, 0.4) is 0 Å². The number of pyridine rings is 1. The maximum Gasteiger partial charge on any atom is 0.303 e. The van der Waals surface area contributed by atoms with Crippen molar-refractivity contribution < 1.29 is 15.0 Å². The number of carboxylic acid groups (broad SMARTS) is 1. The monoisotopic (exact) mass is 292 g/mol. The minimum Gasteiger partial charge on any atom is -0.481 e. The van der Waals surface area contributed by atoms with Crippen molar-refractivity contribution in [1.29, 1.82) is 0 Å². The highest BCUT2D eigenvalue weighted by Crippen LogP contribution is 2.38. The Kier molecular flexibility index (Phi) is 3.74. The molecule has 0 atom stereocenters. The fourth-order valence-corrected chi connectivity index (χ4v) is 2.54. The molecule has 0 saturated carbocycles. The van der Waals surface area contributed by atoms with Gasteiger partial charge in [-0.25, -0.2) is 0 Å². The number of carboxylic acids is 1. The summed E-state index contributed by atoms with van der Waals surface area (Å²) in [6.45, 7) is 0. The zero-order chi connectivity index (χ0) is 15.5. The molecule has 1 aromatic heterocycles. The van der Waals surface area contributed by atoms with E-state index in [1.54, 1.807) is 18.2 Å². The number of fused-ring (bicyclic) bond motifs is 1. The largest absolute Gasteiger partial charge is 0.481 e. The molecule has 0 fully saturated rings. The number of carbonyl (C=O) groups is 1. The average molecular weight is 292 g/mol. The number of rotatable bonds is 4. The number of benzene rings is 2. The van der Waals surface area contributed by atoms with Crippen LogP contribution in [-0.4, -0.2) is 16.1 Å². The normalized spacial score (nSPS) is 10.7. The number of hydrogen-bond acceptors (Lipinski definition) is 2. The molecule has 0 amide bonds. The second-order valence-corrected chi connectivity index (χ2v) is 5.04. The van der Waals surface area contributed by atoms with Gasteiger partial charge in [0.2, 0.25) is 0 Å². The van der Waals surface area contributed by atoms with E-state index in [0.29, 0.717) is 22.2 Å². The predicted octanol–water partition coefficient (Wildman–Crippen LogP) is 4.06. The van der Waals surface area contributed by atoms with E-state index in [1.165, 1.54) is 0 Å². The van der Waals surface area contributed by atoms with E-state index in [0.717, 1.165) is 5.56 Å². The minimum atomic E-state index is -0.901. The van der Waals surface area contributed by atoms with Gasteiger partial charge in [-0.1, -0.05) is 42.5 Å². The van der Waals surface area contributed by atoms with Gasteiger partial charge in [-0.05, 0) is 17.7 Å². The maximum absolute atomic E-state index is 12.8. The topological polar surface area (TPSA) is 70.1 Å². The van der Waals surface area contributed by atoms with Gasteiger partial charge in [0.25, 0.3) is 0 Å². The van der Waals surface area contributed by atoms with E-state index < -0.39 is 5.97 Å². The Balaban J connectivity index is 2.23. The molecule has 0 bridgehead atoms.